The number of halogens is 1. The molecule has 2 rings (SSSR count). The Morgan fingerprint density at radius 3 is 2.80 bits per heavy atom. The van der Waals surface area contributed by atoms with E-state index in [0.29, 0.717) is 17.8 Å². The number of anilines is 1. The van der Waals surface area contributed by atoms with E-state index in [1.54, 1.807) is 35.1 Å². The standard InChI is InChI=1S/C15H18FN3O/c1-11(2)19-14(9-10-17-19)18-15(20)8-7-12-5-3-4-6-13(12)16/h3-6,9-11H,7-8H2,1-2H3,(H,18,20). The topological polar surface area (TPSA) is 46.9 Å². The van der Waals surface area contributed by atoms with Crippen molar-refractivity contribution in [3.63, 3.8) is 0 Å². The molecule has 0 atom stereocenters. The molecular formula is C15H18FN3O. The van der Waals surface area contributed by atoms with Gasteiger partial charge in [0.25, 0.3) is 0 Å². The van der Waals surface area contributed by atoms with Gasteiger partial charge in [0, 0.05) is 18.5 Å². The number of hydrogen-bond donors (Lipinski definition) is 1. The van der Waals surface area contributed by atoms with Crippen molar-refractivity contribution in [2.45, 2.75) is 32.7 Å². The first-order chi connectivity index (χ1) is 9.58. The molecule has 1 heterocycles. The Balaban J connectivity index is 1.93. The van der Waals surface area contributed by atoms with Gasteiger partial charge in [0.05, 0.1) is 6.20 Å². The Morgan fingerprint density at radius 1 is 1.35 bits per heavy atom. The average Bonchev–Trinajstić information content (AvgIpc) is 2.86. The van der Waals surface area contributed by atoms with Gasteiger partial charge in [-0.15, -0.1) is 0 Å². The molecule has 20 heavy (non-hydrogen) atoms. The summed E-state index contributed by atoms with van der Waals surface area (Å²) in [5, 5.41) is 6.94. The molecule has 0 unspecified atom stereocenters. The summed E-state index contributed by atoms with van der Waals surface area (Å²) < 4.78 is 15.2. The van der Waals surface area contributed by atoms with Gasteiger partial charge >= 0.3 is 0 Å². The van der Waals surface area contributed by atoms with Crippen LogP contribution in [0, 0.1) is 5.82 Å². The molecule has 0 radical (unpaired) electrons. The summed E-state index contributed by atoms with van der Waals surface area (Å²) in [6.45, 7) is 3.98. The molecule has 0 bridgehead atoms. The van der Waals surface area contributed by atoms with E-state index in [4.69, 9.17) is 0 Å². The van der Waals surface area contributed by atoms with Crippen LogP contribution in [0.4, 0.5) is 10.2 Å². The highest BCUT2D eigenvalue weighted by Crippen LogP contribution is 2.14. The maximum atomic E-state index is 13.4. The summed E-state index contributed by atoms with van der Waals surface area (Å²) >= 11 is 0. The summed E-state index contributed by atoms with van der Waals surface area (Å²) in [4.78, 5) is 11.9. The maximum absolute atomic E-state index is 13.4. The molecule has 4 nitrogen and oxygen atoms in total. The third-order valence-corrected chi connectivity index (χ3v) is 3.01. The lowest BCUT2D eigenvalue weighted by Gasteiger charge is -2.11. The molecule has 0 saturated heterocycles. The Hall–Kier alpha value is -2.17. The summed E-state index contributed by atoms with van der Waals surface area (Å²) in [6.07, 6.45) is 2.27. The second-order valence-electron chi connectivity index (χ2n) is 4.89. The van der Waals surface area contributed by atoms with Crippen LogP contribution in [0.5, 0.6) is 0 Å². The minimum Gasteiger partial charge on any atom is -0.311 e. The van der Waals surface area contributed by atoms with E-state index >= 15 is 0 Å². The number of nitrogens with zero attached hydrogens (tertiary/aromatic N) is 2. The predicted octanol–water partition coefficient (Wildman–Crippen LogP) is 3.17. The number of carbonyl (C=O) groups excluding carboxylic acids is 1. The van der Waals surface area contributed by atoms with E-state index in [9.17, 15) is 9.18 Å². The summed E-state index contributed by atoms with van der Waals surface area (Å²) in [7, 11) is 0. The molecule has 0 aliphatic rings. The fraction of sp³-hybridized carbons (Fsp3) is 0.333. The number of aromatic nitrogens is 2. The first-order valence-electron chi connectivity index (χ1n) is 6.64. The van der Waals surface area contributed by atoms with Crippen LogP contribution in [0.25, 0.3) is 0 Å². The second-order valence-corrected chi connectivity index (χ2v) is 4.89. The Bertz CT molecular complexity index is 592. The maximum Gasteiger partial charge on any atom is 0.225 e. The molecule has 2 aromatic rings. The number of benzene rings is 1. The Labute approximate surface area is 117 Å². The first-order valence-corrected chi connectivity index (χ1v) is 6.64. The average molecular weight is 275 g/mol. The fourth-order valence-electron chi connectivity index (χ4n) is 1.98. The van der Waals surface area contributed by atoms with Gasteiger partial charge in [0.1, 0.15) is 11.6 Å². The minimum atomic E-state index is -0.271. The zero-order valence-corrected chi connectivity index (χ0v) is 11.6. The minimum absolute atomic E-state index is 0.143. The molecule has 1 amide bonds. The van der Waals surface area contributed by atoms with E-state index in [-0.39, 0.29) is 24.2 Å². The number of amides is 1. The van der Waals surface area contributed by atoms with Crippen LogP contribution in [0.1, 0.15) is 31.9 Å². The fourth-order valence-corrected chi connectivity index (χ4v) is 1.98. The van der Waals surface area contributed by atoms with Gasteiger partial charge in [-0.25, -0.2) is 9.07 Å². The third-order valence-electron chi connectivity index (χ3n) is 3.01. The highest BCUT2D eigenvalue weighted by molar-refractivity contribution is 5.89. The van der Waals surface area contributed by atoms with Crippen molar-refractivity contribution in [2.24, 2.45) is 0 Å². The second kappa shape index (κ2) is 6.32. The van der Waals surface area contributed by atoms with Gasteiger partial charge in [-0.3, -0.25) is 4.79 Å². The number of aryl methyl sites for hydroxylation is 1. The van der Waals surface area contributed by atoms with Crippen molar-refractivity contribution < 1.29 is 9.18 Å². The van der Waals surface area contributed by atoms with Crippen LogP contribution in [0.15, 0.2) is 36.5 Å². The molecule has 5 heteroatoms. The van der Waals surface area contributed by atoms with E-state index in [2.05, 4.69) is 10.4 Å². The quantitative estimate of drug-likeness (QED) is 0.911. The van der Waals surface area contributed by atoms with Crippen molar-refractivity contribution in [1.82, 2.24) is 9.78 Å². The van der Waals surface area contributed by atoms with Gasteiger partial charge in [-0.2, -0.15) is 5.10 Å². The van der Waals surface area contributed by atoms with Gasteiger partial charge in [0.15, 0.2) is 0 Å². The van der Waals surface area contributed by atoms with Crippen LogP contribution in [-0.4, -0.2) is 15.7 Å². The van der Waals surface area contributed by atoms with Gasteiger partial charge < -0.3 is 5.32 Å². The zero-order chi connectivity index (χ0) is 14.5. The van der Waals surface area contributed by atoms with E-state index in [0.717, 1.165) is 0 Å². The molecule has 1 aromatic carbocycles. The van der Waals surface area contributed by atoms with Gasteiger partial charge in [0.2, 0.25) is 5.91 Å². The van der Waals surface area contributed by atoms with Crippen molar-refractivity contribution in [2.75, 3.05) is 5.32 Å². The third kappa shape index (κ3) is 3.44. The molecule has 1 N–H and O–H groups in total. The summed E-state index contributed by atoms with van der Waals surface area (Å²) in [5.74, 6) is 0.252. The number of rotatable bonds is 5. The molecule has 0 saturated carbocycles. The van der Waals surface area contributed by atoms with Gasteiger partial charge in [-0.1, -0.05) is 18.2 Å². The van der Waals surface area contributed by atoms with E-state index < -0.39 is 0 Å². The lowest BCUT2D eigenvalue weighted by atomic mass is 10.1. The lowest BCUT2D eigenvalue weighted by Crippen LogP contribution is -2.17. The molecule has 0 aliphatic heterocycles. The predicted molar refractivity (Wildman–Crippen MR) is 76.0 cm³/mol. The zero-order valence-electron chi connectivity index (χ0n) is 11.6. The molecule has 0 spiro atoms. The molecule has 1 aromatic heterocycles. The van der Waals surface area contributed by atoms with Crippen LogP contribution in [0.3, 0.4) is 0 Å². The molecule has 106 valence electrons. The largest absolute Gasteiger partial charge is 0.311 e. The highest BCUT2D eigenvalue weighted by atomic mass is 19.1. The molecular weight excluding hydrogens is 257 g/mol. The van der Waals surface area contributed by atoms with Gasteiger partial charge in [-0.05, 0) is 31.9 Å². The van der Waals surface area contributed by atoms with Crippen LogP contribution in [-0.2, 0) is 11.2 Å². The SMILES string of the molecule is CC(C)n1nccc1NC(=O)CCc1ccccc1F. The molecule has 0 aliphatic carbocycles. The monoisotopic (exact) mass is 275 g/mol. The first kappa shape index (κ1) is 14.2. The number of hydrogen-bond acceptors (Lipinski definition) is 2. The Morgan fingerprint density at radius 2 is 2.10 bits per heavy atom. The highest BCUT2D eigenvalue weighted by Gasteiger charge is 2.10. The van der Waals surface area contributed by atoms with Crippen molar-refractivity contribution in [3.05, 3.63) is 47.9 Å². The van der Waals surface area contributed by atoms with Crippen molar-refractivity contribution in [3.8, 4) is 0 Å². The van der Waals surface area contributed by atoms with Crippen LogP contribution in [0.2, 0.25) is 0 Å². The van der Waals surface area contributed by atoms with Crippen LogP contribution >= 0.6 is 0 Å². The van der Waals surface area contributed by atoms with Crippen molar-refractivity contribution in [1.29, 1.82) is 0 Å². The number of carbonyl (C=O) groups is 1. The number of nitrogens with one attached hydrogen (secondary N) is 1. The lowest BCUT2D eigenvalue weighted by molar-refractivity contribution is -0.116. The van der Waals surface area contributed by atoms with Crippen LogP contribution < -0.4 is 5.32 Å². The Kier molecular flexibility index (Phi) is 4.50. The van der Waals surface area contributed by atoms with E-state index in [1.807, 2.05) is 13.8 Å². The van der Waals surface area contributed by atoms with Crippen molar-refractivity contribution >= 4 is 11.7 Å². The summed E-state index contributed by atoms with van der Waals surface area (Å²) in [6, 6.07) is 8.43. The summed E-state index contributed by atoms with van der Waals surface area (Å²) in [5.41, 5.74) is 0.556. The molecule has 0 fully saturated rings. The van der Waals surface area contributed by atoms with E-state index in [1.165, 1.54) is 6.07 Å². The normalized spacial score (nSPS) is 10.8. The smallest absolute Gasteiger partial charge is 0.225 e.